The molecule has 0 spiro atoms. The number of nitrogens with zero attached hydrogens (tertiary/aromatic N) is 2. The molecule has 1 saturated heterocycles. The van der Waals surface area contributed by atoms with Crippen molar-refractivity contribution in [2.45, 2.75) is 18.1 Å². The summed E-state index contributed by atoms with van der Waals surface area (Å²) < 4.78 is 22.9. The van der Waals surface area contributed by atoms with Crippen LogP contribution in [-0.4, -0.2) is 41.1 Å². The van der Waals surface area contributed by atoms with Gasteiger partial charge in [0.05, 0.1) is 11.0 Å². The molecule has 0 amide bonds. The maximum Gasteiger partial charge on any atom is 0.243 e. The maximum atomic E-state index is 11.5. The van der Waals surface area contributed by atoms with Gasteiger partial charge in [0, 0.05) is 6.54 Å². The van der Waals surface area contributed by atoms with Crippen molar-refractivity contribution in [3.8, 4) is 0 Å². The summed E-state index contributed by atoms with van der Waals surface area (Å²) in [5.74, 6) is 0.844. The van der Waals surface area contributed by atoms with Gasteiger partial charge in [-0.25, -0.2) is 13.5 Å². The number of hydrogen-bond acceptors (Lipinski definition) is 6. The van der Waals surface area contributed by atoms with Crippen molar-refractivity contribution in [2.75, 3.05) is 23.3 Å². The number of aromatic amines is 1. The Labute approximate surface area is 87.4 Å². The molecule has 0 bridgehead atoms. The Morgan fingerprint density at radius 2 is 2.40 bits per heavy atom. The van der Waals surface area contributed by atoms with Gasteiger partial charge >= 0.3 is 0 Å². The highest BCUT2D eigenvalue weighted by Gasteiger charge is 2.30. The first-order valence-corrected chi connectivity index (χ1v) is 6.43. The Hall–Kier alpha value is -1.31. The minimum atomic E-state index is -2.91. The smallest absolute Gasteiger partial charge is 0.243 e. The Morgan fingerprint density at radius 1 is 1.60 bits per heavy atom. The van der Waals surface area contributed by atoms with Gasteiger partial charge in [-0.05, 0) is 12.8 Å². The van der Waals surface area contributed by atoms with Crippen LogP contribution in [-0.2, 0) is 9.84 Å². The molecule has 2 heterocycles. The second-order valence-electron chi connectivity index (χ2n) is 3.56. The standard InChI is InChI=1S/C7H13N5O2S/c8-6-10-7(12-11-6)9-4-5-2-1-3-15(5,13)14/h5H,1-4H2,(H4,8,9,10,11,12). The zero-order valence-electron chi connectivity index (χ0n) is 8.10. The number of aromatic nitrogens is 3. The van der Waals surface area contributed by atoms with Gasteiger partial charge in [0.15, 0.2) is 9.84 Å². The average Bonchev–Trinajstić information content (AvgIpc) is 2.69. The van der Waals surface area contributed by atoms with Crippen LogP contribution in [0.5, 0.6) is 0 Å². The molecule has 1 aromatic rings. The largest absolute Gasteiger partial charge is 0.368 e. The predicted octanol–water partition coefficient (Wildman–Crippen LogP) is -0.624. The fraction of sp³-hybridized carbons (Fsp3) is 0.714. The molecule has 15 heavy (non-hydrogen) atoms. The lowest BCUT2D eigenvalue weighted by molar-refractivity contribution is 0.591. The molecule has 2 rings (SSSR count). The quantitative estimate of drug-likeness (QED) is 0.638. The van der Waals surface area contributed by atoms with Crippen LogP contribution in [0.15, 0.2) is 0 Å². The van der Waals surface area contributed by atoms with E-state index < -0.39 is 9.84 Å². The first kappa shape index (κ1) is 10.2. The zero-order valence-corrected chi connectivity index (χ0v) is 8.92. The number of sulfone groups is 1. The zero-order chi connectivity index (χ0) is 10.9. The van der Waals surface area contributed by atoms with Crippen LogP contribution in [0.4, 0.5) is 11.9 Å². The van der Waals surface area contributed by atoms with Crippen molar-refractivity contribution in [1.29, 1.82) is 0 Å². The van der Waals surface area contributed by atoms with Crippen LogP contribution in [0.3, 0.4) is 0 Å². The van der Waals surface area contributed by atoms with Crippen LogP contribution >= 0.6 is 0 Å². The van der Waals surface area contributed by atoms with E-state index in [1.54, 1.807) is 0 Å². The molecule has 1 atom stereocenters. The van der Waals surface area contributed by atoms with Gasteiger partial charge in [0.25, 0.3) is 0 Å². The van der Waals surface area contributed by atoms with E-state index >= 15 is 0 Å². The van der Waals surface area contributed by atoms with Gasteiger partial charge < -0.3 is 11.1 Å². The number of nitrogens with one attached hydrogen (secondary N) is 2. The van der Waals surface area contributed by atoms with E-state index in [0.29, 0.717) is 18.9 Å². The summed E-state index contributed by atoms with van der Waals surface area (Å²) in [7, 11) is -2.91. The molecule has 1 fully saturated rings. The monoisotopic (exact) mass is 231 g/mol. The van der Waals surface area contributed by atoms with Crippen molar-refractivity contribution >= 4 is 21.7 Å². The van der Waals surface area contributed by atoms with E-state index in [0.717, 1.165) is 6.42 Å². The van der Waals surface area contributed by atoms with Gasteiger partial charge in [-0.15, -0.1) is 5.10 Å². The summed E-state index contributed by atoms with van der Waals surface area (Å²) >= 11 is 0. The number of rotatable bonds is 3. The predicted molar refractivity (Wildman–Crippen MR) is 56.1 cm³/mol. The Kier molecular flexibility index (Phi) is 2.51. The highest BCUT2D eigenvalue weighted by Crippen LogP contribution is 2.19. The van der Waals surface area contributed by atoms with Gasteiger partial charge in [0.2, 0.25) is 11.9 Å². The molecule has 1 aliphatic rings. The normalized spacial score (nSPS) is 24.1. The minimum absolute atomic E-state index is 0.215. The average molecular weight is 231 g/mol. The summed E-state index contributed by atoms with van der Waals surface area (Å²) in [4.78, 5) is 3.82. The highest BCUT2D eigenvalue weighted by atomic mass is 32.2. The molecular weight excluding hydrogens is 218 g/mol. The molecular formula is C7H13N5O2S. The number of nitrogens with two attached hydrogens (primary N) is 1. The van der Waals surface area contributed by atoms with E-state index in [1.807, 2.05) is 0 Å². The molecule has 0 aromatic carbocycles. The van der Waals surface area contributed by atoms with E-state index in [1.165, 1.54) is 0 Å². The first-order valence-electron chi connectivity index (χ1n) is 4.71. The minimum Gasteiger partial charge on any atom is -0.368 e. The molecule has 1 aliphatic heterocycles. The van der Waals surface area contributed by atoms with Crippen molar-refractivity contribution in [3.63, 3.8) is 0 Å². The van der Waals surface area contributed by atoms with Gasteiger partial charge in [-0.3, -0.25) is 0 Å². The van der Waals surface area contributed by atoms with Crippen LogP contribution < -0.4 is 11.1 Å². The first-order chi connectivity index (χ1) is 7.08. The van der Waals surface area contributed by atoms with Crippen LogP contribution in [0.25, 0.3) is 0 Å². The molecule has 0 radical (unpaired) electrons. The third kappa shape index (κ3) is 2.20. The number of hydrogen-bond donors (Lipinski definition) is 3. The maximum absolute atomic E-state index is 11.5. The second kappa shape index (κ2) is 3.69. The Bertz CT molecular complexity index is 440. The topological polar surface area (TPSA) is 114 Å². The lowest BCUT2D eigenvalue weighted by Crippen LogP contribution is -2.25. The van der Waals surface area contributed by atoms with E-state index in [2.05, 4.69) is 20.5 Å². The molecule has 0 saturated carbocycles. The van der Waals surface area contributed by atoms with Crippen LogP contribution in [0.2, 0.25) is 0 Å². The third-order valence-electron chi connectivity index (χ3n) is 2.45. The lowest BCUT2D eigenvalue weighted by Gasteiger charge is -2.08. The molecule has 0 aliphatic carbocycles. The fourth-order valence-corrected chi connectivity index (χ4v) is 3.41. The van der Waals surface area contributed by atoms with E-state index in [9.17, 15) is 8.42 Å². The SMILES string of the molecule is Nc1nc(NCC2CCCS2(=O)=O)n[nH]1. The summed E-state index contributed by atoms with van der Waals surface area (Å²) in [6, 6.07) is 0. The van der Waals surface area contributed by atoms with Gasteiger partial charge in [-0.2, -0.15) is 4.98 Å². The van der Waals surface area contributed by atoms with Gasteiger partial charge in [0.1, 0.15) is 0 Å². The van der Waals surface area contributed by atoms with Crippen molar-refractivity contribution in [1.82, 2.24) is 15.2 Å². The fourth-order valence-electron chi connectivity index (χ4n) is 1.65. The summed E-state index contributed by atoms with van der Waals surface area (Å²) in [6.07, 6.45) is 1.44. The van der Waals surface area contributed by atoms with Crippen molar-refractivity contribution in [2.24, 2.45) is 0 Å². The summed E-state index contributed by atoms with van der Waals surface area (Å²) in [6.45, 7) is 0.347. The highest BCUT2D eigenvalue weighted by molar-refractivity contribution is 7.92. The number of anilines is 2. The molecule has 1 unspecified atom stereocenters. The molecule has 8 heteroatoms. The van der Waals surface area contributed by atoms with Crippen LogP contribution in [0, 0.1) is 0 Å². The summed E-state index contributed by atoms with van der Waals surface area (Å²) in [5, 5.41) is 8.76. The van der Waals surface area contributed by atoms with Crippen molar-refractivity contribution in [3.05, 3.63) is 0 Å². The summed E-state index contributed by atoms with van der Waals surface area (Å²) in [5.41, 5.74) is 5.33. The Balaban J connectivity index is 1.94. The van der Waals surface area contributed by atoms with Crippen LogP contribution in [0.1, 0.15) is 12.8 Å². The Morgan fingerprint density at radius 3 is 2.93 bits per heavy atom. The molecule has 7 nitrogen and oxygen atoms in total. The number of H-pyrrole nitrogens is 1. The van der Waals surface area contributed by atoms with Gasteiger partial charge in [-0.1, -0.05) is 0 Å². The second-order valence-corrected chi connectivity index (χ2v) is 5.96. The van der Waals surface area contributed by atoms with E-state index in [4.69, 9.17) is 5.73 Å². The molecule has 84 valence electrons. The lowest BCUT2D eigenvalue weighted by atomic mass is 10.2. The molecule has 4 N–H and O–H groups in total. The van der Waals surface area contributed by atoms with E-state index in [-0.39, 0.29) is 17.0 Å². The van der Waals surface area contributed by atoms with Crippen molar-refractivity contribution < 1.29 is 8.42 Å². The molecule has 1 aromatic heterocycles. The number of nitrogen functional groups attached to an aromatic ring is 1. The third-order valence-corrected chi connectivity index (χ3v) is 4.73.